The van der Waals surface area contributed by atoms with Gasteiger partial charge in [-0.05, 0) is 36.0 Å². The topological polar surface area (TPSA) is 20.2 Å². The summed E-state index contributed by atoms with van der Waals surface area (Å²) in [4.78, 5) is 0. The molecule has 0 amide bonds. The van der Waals surface area contributed by atoms with E-state index in [2.05, 4.69) is 13.0 Å². The molecule has 3 rings (SSSR count). The average Bonchev–Trinajstić information content (AvgIpc) is 2.44. The van der Waals surface area contributed by atoms with Crippen molar-refractivity contribution in [3.05, 3.63) is 70.2 Å². The molecule has 0 aliphatic heterocycles. The van der Waals surface area contributed by atoms with E-state index >= 15 is 0 Å². The summed E-state index contributed by atoms with van der Waals surface area (Å²) in [5, 5.41) is 11.8. The second kappa shape index (κ2) is 4.66. The van der Waals surface area contributed by atoms with E-state index in [0.29, 0.717) is 10.9 Å². The molecule has 0 saturated heterocycles. The molecular formula is C17H17ClO. The van der Waals surface area contributed by atoms with Crippen LogP contribution >= 0.6 is 11.6 Å². The molecule has 1 N–H and O–H groups in total. The summed E-state index contributed by atoms with van der Waals surface area (Å²) in [6.07, 6.45) is 1.69. The van der Waals surface area contributed by atoms with Crippen LogP contribution in [0.4, 0.5) is 0 Å². The van der Waals surface area contributed by atoms with Crippen LogP contribution in [0, 0.1) is 0 Å². The van der Waals surface area contributed by atoms with Crippen LogP contribution in [0.2, 0.25) is 5.02 Å². The van der Waals surface area contributed by atoms with Crippen LogP contribution in [0.3, 0.4) is 0 Å². The summed E-state index contributed by atoms with van der Waals surface area (Å²) in [7, 11) is 0. The first-order valence-electron chi connectivity index (χ1n) is 6.70. The van der Waals surface area contributed by atoms with E-state index in [1.165, 1.54) is 5.56 Å². The summed E-state index contributed by atoms with van der Waals surface area (Å²) in [6.45, 7) is 2.21. The fourth-order valence-electron chi connectivity index (χ4n) is 3.10. The van der Waals surface area contributed by atoms with Crippen molar-refractivity contribution in [3.63, 3.8) is 0 Å². The van der Waals surface area contributed by atoms with Crippen molar-refractivity contribution in [1.82, 2.24) is 0 Å². The molecule has 2 aromatic rings. The number of halogens is 1. The first-order valence-corrected chi connectivity index (χ1v) is 7.07. The third-order valence-electron chi connectivity index (χ3n) is 4.20. The molecule has 0 spiro atoms. The van der Waals surface area contributed by atoms with E-state index in [1.807, 2.05) is 42.5 Å². The minimum absolute atomic E-state index is 0.485. The summed E-state index contributed by atoms with van der Waals surface area (Å²) >= 11 is 6.29. The maximum atomic E-state index is 11.2. The van der Waals surface area contributed by atoms with Crippen LogP contribution in [0.25, 0.3) is 0 Å². The summed E-state index contributed by atoms with van der Waals surface area (Å²) in [5.74, 6) is 0.485. The van der Waals surface area contributed by atoms with Crippen molar-refractivity contribution in [2.24, 2.45) is 0 Å². The van der Waals surface area contributed by atoms with Crippen molar-refractivity contribution in [3.8, 4) is 0 Å². The minimum atomic E-state index is -0.957. The van der Waals surface area contributed by atoms with Crippen molar-refractivity contribution in [2.45, 2.75) is 31.3 Å². The fourth-order valence-corrected chi connectivity index (χ4v) is 3.39. The van der Waals surface area contributed by atoms with E-state index < -0.39 is 5.60 Å². The fraction of sp³-hybridized carbons (Fsp3) is 0.294. The van der Waals surface area contributed by atoms with Crippen molar-refractivity contribution in [1.29, 1.82) is 0 Å². The Kier molecular flexibility index (Phi) is 3.12. The quantitative estimate of drug-likeness (QED) is 0.812. The molecule has 1 aliphatic carbocycles. The van der Waals surface area contributed by atoms with Crippen LogP contribution < -0.4 is 0 Å². The Morgan fingerprint density at radius 1 is 1.05 bits per heavy atom. The van der Waals surface area contributed by atoms with Crippen LogP contribution in [0.15, 0.2) is 48.5 Å². The summed E-state index contributed by atoms with van der Waals surface area (Å²) in [5.41, 5.74) is 2.09. The standard InChI is InChI=1S/C17H17ClO/c1-12-10-11-17(19,14-7-3-2-6-13(12)14)15-8-4-5-9-16(15)18/h2-9,12,19H,10-11H2,1H3. The Bertz CT molecular complexity index is 608. The van der Waals surface area contributed by atoms with Gasteiger partial charge in [-0.15, -0.1) is 0 Å². The Labute approximate surface area is 118 Å². The molecule has 0 aromatic heterocycles. The lowest BCUT2D eigenvalue weighted by atomic mass is 9.71. The monoisotopic (exact) mass is 272 g/mol. The lowest BCUT2D eigenvalue weighted by Crippen LogP contribution is -2.33. The highest BCUT2D eigenvalue weighted by Gasteiger charge is 2.39. The number of benzene rings is 2. The Morgan fingerprint density at radius 3 is 2.42 bits per heavy atom. The van der Waals surface area contributed by atoms with E-state index in [1.54, 1.807) is 0 Å². The molecule has 2 atom stereocenters. The largest absolute Gasteiger partial charge is 0.380 e. The SMILES string of the molecule is CC1CCC(O)(c2ccccc2Cl)c2ccccc21. The molecule has 0 saturated carbocycles. The molecular weight excluding hydrogens is 256 g/mol. The Hall–Kier alpha value is -1.31. The number of aliphatic hydroxyl groups is 1. The van der Waals surface area contributed by atoms with Gasteiger partial charge >= 0.3 is 0 Å². The predicted molar refractivity (Wildman–Crippen MR) is 78.5 cm³/mol. The zero-order chi connectivity index (χ0) is 13.5. The zero-order valence-electron chi connectivity index (χ0n) is 10.9. The van der Waals surface area contributed by atoms with Gasteiger partial charge in [0, 0.05) is 10.6 Å². The van der Waals surface area contributed by atoms with E-state index in [-0.39, 0.29) is 0 Å². The summed E-state index contributed by atoms with van der Waals surface area (Å²) in [6, 6.07) is 15.7. The van der Waals surface area contributed by atoms with Gasteiger partial charge in [0.2, 0.25) is 0 Å². The second-order valence-corrected chi connectivity index (χ2v) is 5.77. The van der Waals surface area contributed by atoms with Crippen LogP contribution in [0.1, 0.15) is 42.4 Å². The van der Waals surface area contributed by atoms with Crippen LogP contribution in [-0.4, -0.2) is 5.11 Å². The summed E-state index contributed by atoms with van der Waals surface area (Å²) < 4.78 is 0. The number of fused-ring (bicyclic) bond motifs is 1. The van der Waals surface area contributed by atoms with E-state index in [4.69, 9.17) is 11.6 Å². The molecule has 2 heteroatoms. The van der Waals surface area contributed by atoms with Gasteiger partial charge in [0.05, 0.1) is 0 Å². The van der Waals surface area contributed by atoms with Crippen molar-refractivity contribution >= 4 is 11.6 Å². The van der Waals surface area contributed by atoms with Crippen molar-refractivity contribution < 1.29 is 5.11 Å². The average molecular weight is 273 g/mol. The van der Waals surface area contributed by atoms with Gasteiger partial charge in [-0.2, -0.15) is 0 Å². The van der Waals surface area contributed by atoms with E-state index in [0.717, 1.165) is 24.0 Å². The molecule has 19 heavy (non-hydrogen) atoms. The Morgan fingerprint density at radius 2 is 1.68 bits per heavy atom. The predicted octanol–water partition coefficient (Wildman–Crippen LogP) is 4.47. The van der Waals surface area contributed by atoms with Crippen LogP contribution in [-0.2, 0) is 5.60 Å². The van der Waals surface area contributed by atoms with Gasteiger partial charge in [-0.3, -0.25) is 0 Å². The number of rotatable bonds is 1. The second-order valence-electron chi connectivity index (χ2n) is 5.37. The third-order valence-corrected chi connectivity index (χ3v) is 4.53. The Balaban J connectivity index is 2.21. The van der Waals surface area contributed by atoms with Gasteiger partial charge in [-0.25, -0.2) is 0 Å². The number of hydrogen-bond acceptors (Lipinski definition) is 1. The van der Waals surface area contributed by atoms with Gasteiger partial charge < -0.3 is 5.11 Å². The smallest absolute Gasteiger partial charge is 0.116 e. The molecule has 0 heterocycles. The lowest BCUT2D eigenvalue weighted by molar-refractivity contribution is 0.0580. The molecule has 2 aromatic carbocycles. The van der Waals surface area contributed by atoms with Gasteiger partial charge in [0.15, 0.2) is 0 Å². The number of hydrogen-bond donors (Lipinski definition) is 1. The highest BCUT2D eigenvalue weighted by atomic mass is 35.5. The normalized spacial score (nSPS) is 25.9. The van der Waals surface area contributed by atoms with Crippen LogP contribution in [0.5, 0.6) is 0 Å². The van der Waals surface area contributed by atoms with Gasteiger partial charge in [-0.1, -0.05) is 61.0 Å². The first kappa shape index (κ1) is 12.7. The molecule has 2 unspecified atom stereocenters. The maximum absolute atomic E-state index is 11.2. The highest BCUT2D eigenvalue weighted by molar-refractivity contribution is 6.31. The van der Waals surface area contributed by atoms with Gasteiger partial charge in [0.25, 0.3) is 0 Å². The minimum Gasteiger partial charge on any atom is -0.380 e. The van der Waals surface area contributed by atoms with Gasteiger partial charge in [0.1, 0.15) is 5.60 Å². The molecule has 98 valence electrons. The lowest BCUT2D eigenvalue weighted by Gasteiger charge is -2.38. The molecule has 0 bridgehead atoms. The first-order chi connectivity index (χ1) is 9.13. The highest BCUT2D eigenvalue weighted by Crippen LogP contribution is 2.46. The zero-order valence-corrected chi connectivity index (χ0v) is 11.7. The van der Waals surface area contributed by atoms with E-state index in [9.17, 15) is 5.11 Å². The van der Waals surface area contributed by atoms with Crippen molar-refractivity contribution in [2.75, 3.05) is 0 Å². The third kappa shape index (κ3) is 1.98. The molecule has 1 aliphatic rings. The maximum Gasteiger partial charge on any atom is 0.116 e. The molecule has 0 fully saturated rings. The molecule has 1 nitrogen and oxygen atoms in total. The molecule has 0 radical (unpaired) electrons.